The van der Waals surface area contributed by atoms with E-state index in [-0.39, 0.29) is 5.82 Å². The van der Waals surface area contributed by atoms with E-state index in [2.05, 4.69) is 35.6 Å². The summed E-state index contributed by atoms with van der Waals surface area (Å²) < 4.78 is 12.9. The second-order valence-electron chi connectivity index (χ2n) is 6.49. The van der Waals surface area contributed by atoms with Crippen molar-refractivity contribution in [2.45, 2.75) is 37.8 Å². The maximum Gasteiger partial charge on any atom is 0.131 e. The van der Waals surface area contributed by atoms with E-state index in [1.54, 1.807) is 12.1 Å². The molecule has 0 saturated heterocycles. The van der Waals surface area contributed by atoms with Gasteiger partial charge in [0.05, 0.1) is 0 Å². The van der Waals surface area contributed by atoms with Gasteiger partial charge < -0.3 is 5.11 Å². The summed E-state index contributed by atoms with van der Waals surface area (Å²) in [6.45, 7) is 0.806. The molecule has 1 atom stereocenters. The molecule has 2 aromatic carbocycles. The van der Waals surface area contributed by atoms with Crippen LogP contribution in [0.15, 0.2) is 54.6 Å². The summed E-state index contributed by atoms with van der Waals surface area (Å²) in [6.07, 6.45) is 4.07. The lowest BCUT2D eigenvalue weighted by Crippen LogP contribution is -2.29. The van der Waals surface area contributed by atoms with Gasteiger partial charge >= 0.3 is 0 Å². The molecule has 0 radical (unpaired) electrons. The van der Waals surface area contributed by atoms with Crippen molar-refractivity contribution in [3.8, 4) is 0 Å². The monoisotopic (exact) mass is 313 g/mol. The summed E-state index contributed by atoms with van der Waals surface area (Å²) >= 11 is 0. The van der Waals surface area contributed by atoms with Gasteiger partial charge in [0.1, 0.15) is 12.0 Å². The smallest absolute Gasteiger partial charge is 0.131 e. The fraction of sp³-hybridized carbons (Fsp3) is 0.400. The number of nitrogens with one attached hydrogen (secondary N) is 1. The third kappa shape index (κ3) is 4.40. The highest BCUT2D eigenvalue weighted by Gasteiger charge is 2.22. The van der Waals surface area contributed by atoms with Crippen LogP contribution >= 0.6 is 0 Å². The topological polar surface area (TPSA) is 32.3 Å². The standard InChI is InChI=1S/C20H24FNO/c21-19-12-10-18(11-13-19)20(23)22-14-15-6-8-17(9-7-15)16-4-2-1-3-5-16/h1-5,10-13,15,17,20,22-23H,6-9,14H2/t15-,17+,20?. The van der Waals surface area contributed by atoms with E-state index in [9.17, 15) is 9.50 Å². The average molecular weight is 313 g/mol. The fourth-order valence-electron chi connectivity index (χ4n) is 3.47. The molecule has 0 aliphatic heterocycles. The first-order chi connectivity index (χ1) is 11.2. The summed E-state index contributed by atoms with van der Waals surface area (Å²) in [4.78, 5) is 0. The third-order valence-electron chi connectivity index (χ3n) is 4.90. The lowest BCUT2D eigenvalue weighted by Gasteiger charge is -2.29. The molecule has 2 aromatic rings. The van der Waals surface area contributed by atoms with Gasteiger partial charge in [-0.05, 0) is 60.8 Å². The maximum absolute atomic E-state index is 12.9. The van der Waals surface area contributed by atoms with Gasteiger partial charge in [-0.3, -0.25) is 5.32 Å². The molecule has 3 rings (SSSR count). The van der Waals surface area contributed by atoms with E-state index in [4.69, 9.17) is 0 Å². The van der Waals surface area contributed by atoms with Crippen molar-refractivity contribution < 1.29 is 9.50 Å². The van der Waals surface area contributed by atoms with Crippen LogP contribution in [0.1, 0.15) is 49.0 Å². The SMILES string of the molecule is OC(NC[C@H]1CC[C@@H](c2ccccc2)CC1)c1ccc(F)cc1. The Morgan fingerprint density at radius 1 is 0.957 bits per heavy atom. The van der Waals surface area contributed by atoms with Gasteiger partial charge in [0.15, 0.2) is 0 Å². The van der Waals surface area contributed by atoms with Crippen LogP contribution in [-0.2, 0) is 0 Å². The zero-order chi connectivity index (χ0) is 16.1. The zero-order valence-electron chi connectivity index (χ0n) is 13.3. The number of rotatable bonds is 5. The number of hydrogen-bond acceptors (Lipinski definition) is 2. The van der Waals surface area contributed by atoms with Gasteiger partial charge in [0.2, 0.25) is 0 Å². The maximum atomic E-state index is 12.9. The molecule has 23 heavy (non-hydrogen) atoms. The molecule has 0 bridgehead atoms. The number of benzene rings is 2. The lowest BCUT2D eigenvalue weighted by molar-refractivity contribution is 0.127. The van der Waals surface area contributed by atoms with Crippen LogP contribution in [0.25, 0.3) is 0 Å². The molecule has 2 N–H and O–H groups in total. The number of halogens is 1. The summed E-state index contributed by atoms with van der Waals surface area (Å²) in [5, 5.41) is 13.3. The van der Waals surface area contributed by atoms with E-state index >= 15 is 0 Å². The largest absolute Gasteiger partial charge is 0.374 e. The fourth-order valence-corrected chi connectivity index (χ4v) is 3.47. The Morgan fingerprint density at radius 2 is 1.61 bits per heavy atom. The Kier molecular flexibility index (Phi) is 5.42. The predicted molar refractivity (Wildman–Crippen MR) is 90.5 cm³/mol. The van der Waals surface area contributed by atoms with Crippen LogP contribution in [0.4, 0.5) is 4.39 Å². The molecule has 0 aromatic heterocycles. The van der Waals surface area contributed by atoms with Crippen molar-refractivity contribution in [1.29, 1.82) is 0 Å². The quantitative estimate of drug-likeness (QED) is 0.803. The van der Waals surface area contributed by atoms with Crippen molar-refractivity contribution in [2.24, 2.45) is 5.92 Å². The Bertz CT molecular complexity index is 591. The Balaban J connectivity index is 1.45. The van der Waals surface area contributed by atoms with Gasteiger partial charge in [0, 0.05) is 6.54 Å². The zero-order valence-corrected chi connectivity index (χ0v) is 13.3. The third-order valence-corrected chi connectivity index (χ3v) is 4.90. The van der Waals surface area contributed by atoms with Crippen LogP contribution < -0.4 is 5.32 Å². The second kappa shape index (κ2) is 7.71. The molecular formula is C20H24FNO. The molecule has 1 aliphatic carbocycles. The van der Waals surface area contributed by atoms with Crippen LogP contribution in [0.2, 0.25) is 0 Å². The van der Waals surface area contributed by atoms with E-state index in [0.29, 0.717) is 17.4 Å². The summed E-state index contributed by atoms with van der Waals surface area (Å²) in [6, 6.07) is 16.7. The molecule has 2 nitrogen and oxygen atoms in total. The second-order valence-corrected chi connectivity index (χ2v) is 6.49. The average Bonchev–Trinajstić information content (AvgIpc) is 2.61. The predicted octanol–water partition coefficient (Wildman–Crippen LogP) is 4.38. The summed E-state index contributed by atoms with van der Waals surface area (Å²) in [5.41, 5.74) is 2.16. The Hall–Kier alpha value is -1.71. The van der Waals surface area contributed by atoms with Crippen molar-refractivity contribution >= 4 is 0 Å². The number of aliphatic hydroxyl groups excluding tert-OH is 1. The Morgan fingerprint density at radius 3 is 2.26 bits per heavy atom. The van der Waals surface area contributed by atoms with E-state index in [1.165, 1.54) is 43.4 Å². The first kappa shape index (κ1) is 16.2. The van der Waals surface area contributed by atoms with Gasteiger partial charge in [-0.15, -0.1) is 0 Å². The minimum absolute atomic E-state index is 0.278. The highest BCUT2D eigenvalue weighted by Crippen LogP contribution is 2.35. The highest BCUT2D eigenvalue weighted by molar-refractivity contribution is 5.20. The van der Waals surface area contributed by atoms with Crippen LogP contribution in [0.5, 0.6) is 0 Å². The van der Waals surface area contributed by atoms with Crippen molar-refractivity contribution in [3.63, 3.8) is 0 Å². The molecular weight excluding hydrogens is 289 g/mol. The highest BCUT2D eigenvalue weighted by atomic mass is 19.1. The van der Waals surface area contributed by atoms with Crippen molar-refractivity contribution in [2.75, 3.05) is 6.54 Å². The van der Waals surface area contributed by atoms with E-state index in [0.717, 1.165) is 6.54 Å². The van der Waals surface area contributed by atoms with Crippen LogP contribution in [0.3, 0.4) is 0 Å². The lowest BCUT2D eigenvalue weighted by atomic mass is 9.78. The van der Waals surface area contributed by atoms with Gasteiger partial charge in [-0.1, -0.05) is 42.5 Å². The molecule has 0 spiro atoms. The van der Waals surface area contributed by atoms with E-state index < -0.39 is 6.23 Å². The van der Waals surface area contributed by atoms with Crippen LogP contribution in [-0.4, -0.2) is 11.7 Å². The van der Waals surface area contributed by atoms with E-state index in [1.807, 2.05) is 0 Å². The van der Waals surface area contributed by atoms with Gasteiger partial charge in [-0.25, -0.2) is 4.39 Å². The molecule has 0 heterocycles. The van der Waals surface area contributed by atoms with Gasteiger partial charge in [0.25, 0.3) is 0 Å². The first-order valence-electron chi connectivity index (χ1n) is 8.44. The first-order valence-corrected chi connectivity index (χ1v) is 8.44. The Labute approximate surface area is 137 Å². The normalized spacial score (nSPS) is 22.7. The molecule has 1 aliphatic rings. The summed E-state index contributed by atoms with van der Waals surface area (Å²) in [7, 11) is 0. The molecule has 1 saturated carbocycles. The van der Waals surface area contributed by atoms with Crippen molar-refractivity contribution in [3.05, 3.63) is 71.5 Å². The molecule has 1 fully saturated rings. The van der Waals surface area contributed by atoms with Gasteiger partial charge in [-0.2, -0.15) is 0 Å². The minimum atomic E-state index is -0.720. The van der Waals surface area contributed by atoms with Crippen LogP contribution in [0, 0.1) is 11.7 Å². The molecule has 0 amide bonds. The molecule has 1 unspecified atom stereocenters. The molecule has 3 heteroatoms. The molecule has 122 valence electrons. The minimum Gasteiger partial charge on any atom is -0.374 e. The number of hydrogen-bond donors (Lipinski definition) is 2. The summed E-state index contributed by atoms with van der Waals surface area (Å²) in [5.74, 6) is 1.000. The number of aliphatic hydroxyl groups is 1. The van der Waals surface area contributed by atoms with Crippen molar-refractivity contribution in [1.82, 2.24) is 5.32 Å².